The lowest BCUT2D eigenvalue weighted by atomic mass is 9.90. The van der Waals surface area contributed by atoms with Crippen LogP contribution in [-0.4, -0.2) is 151 Å². The van der Waals surface area contributed by atoms with Crippen molar-refractivity contribution in [1.29, 1.82) is 0 Å². The molecule has 21 heteroatoms. The van der Waals surface area contributed by atoms with Crippen LogP contribution in [0, 0.1) is 18.7 Å². The van der Waals surface area contributed by atoms with E-state index in [4.69, 9.17) is 24.5 Å². The summed E-state index contributed by atoms with van der Waals surface area (Å²) in [5, 5.41) is 48.7. The number of rotatable bonds is 19. The molecular formula is C57H70FN11O8S. The Bertz CT molecular complexity index is 3030. The van der Waals surface area contributed by atoms with Gasteiger partial charge in [-0.05, 0) is 92.9 Å². The molecule has 8 heterocycles. The fourth-order valence-corrected chi connectivity index (χ4v) is 13.0. The monoisotopic (exact) mass is 1090 g/mol. The molecule has 6 aromatic rings. The number of aliphatic hydroxyl groups is 2. The number of nitrogen functional groups attached to an aromatic ring is 1. The van der Waals surface area contributed by atoms with Gasteiger partial charge in [0.15, 0.2) is 5.82 Å². The number of anilines is 3. The Morgan fingerprint density at radius 2 is 1.71 bits per heavy atom. The second-order valence-electron chi connectivity index (χ2n) is 22.0. The minimum Gasteiger partial charge on any atom is -0.507 e. The number of aromatic hydroxyl groups is 1. The van der Waals surface area contributed by atoms with Crippen molar-refractivity contribution >= 4 is 34.4 Å². The molecule has 1 saturated carbocycles. The number of benzene rings is 2. The predicted octanol–water partition coefficient (Wildman–Crippen LogP) is 7.08. The van der Waals surface area contributed by atoms with Crippen LogP contribution in [0.2, 0.25) is 0 Å². The largest absolute Gasteiger partial charge is 0.507 e. The highest BCUT2D eigenvalue weighted by molar-refractivity contribution is 7.13. The van der Waals surface area contributed by atoms with Gasteiger partial charge in [-0.15, -0.1) is 21.5 Å². The van der Waals surface area contributed by atoms with Gasteiger partial charge in [0, 0.05) is 99.3 Å². The van der Waals surface area contributed by atoms with Crippen molar-refractivity contribution in [3.63, 3.8) is 0 Å². The number of phenolic OH excluding ortho intramolecular Hbond substituents is 1. The molecule has 1 amide bonds. The molecule has 0 radical (unpaired) electrons. The van der Waals surface area contributed by atoms with Gasteiger partial charge in [0.1, 0.15) is 36.3 Å². The molecule has 4 aliphatic heterocycles. The van der Waals surface area contributed by atoms with E-state index in [9.17, 15) is 20.1 Å². The molecule has 2 aromatic carbocycles. The smallest absolute Gasteiger partial charge is 0.254 e. The van der Waals surface area contributed by atoms with E-state index >= 15 is 4.39 Å². The summed E-state index contributed by atoms with van der Waals surface area (Å²) in [7, 11) is 0. The molecule has 7 atom stereocenters. The van der Waals surface area contributed by atoms with Crippen LogP contribution in [0.4, 0.5) is 21.6 Å². The number of nitrogens with two attached hydrogens (primary N) is 1. The number of β-amino-alcohol motifs (C(OH)–C–C–N with tert-alkyl or cyclic N) is 1. The van der Waals surface area contributed by atoms with Crippen molar-refractivity contribution in [2.24, 2.45) is 5.92 Å². The molecule has 5 aliphatic rings. The Kier molecular flexibility index (Phi) is 15.8. The number of para-hydroxylation sites is 1. The van der Waals surface area contributed by atoms with E-state index in [0.717, 1.165) is 92.2 Å². The number of hydrogen-bond acceptors (Lipinski definition) is 19. The Morgan fingerprint density at radius 3 is 2.44 bits per heavy atom. The molecule has 6 N–H and O–H groups in total. The average molecular weight is 1090 g/mol. The topological polar surface area (TPSA) is 234 Å². The summed E-state index contributed by atoms with van der Waals surface area (Å²) in [6.45, 7) is 12.0. The summed E-state index contributed by atoms with van der Waals surface area (Å²) >= 11 is 1.44. The predicted molar refractivity (Wildman–Crippen MR) is 293 cm³/mol. The average Bonchev–Trinajstić information content (AvgIpc) is 4.28. The highest BCUT2D eigenvalue weighted by atomic mass is 32.1. The second kappa shape index (κ2) is 23.1. The number of halogens is 1. The maximum atomic E-state index is 15.4. The molecule has 2 bridgehead atoms. The number of piperidine rings is 1. The number of hydrogen-bond donors (Lipinski definition) is 5. The normalized spacial score (nSPS) is 24.1. The first kappa shape index (κ1) is 53.5. The standard InChI is InChI=1S/C57H70FN11O8S/c1-32(2)53(57(73)68-30-39(70)23-48(68)56(72)62-33(3)43-12-9-35(21-45(43)58)54-34(4)61-31-78-54)50-27-52(65-77-50)74-20-19-66-17-14-40(15-18-66)75-41-24-42(25-41)76-51-22-36(13-16-60-51)69-37-10-11-38(69)29-67(28-37)47-26-46(63-64-55(47)59)44-7-5-6-8-49(44)71/h5-9,12-13,16,21-22,26-27,31-33,37-42,48,53,57,70-71,73H,10-11,14-15,17-20,23-25,28-30H2,1-4H3,(H2,59,64)(H,62,72)/t33-,37?,38?,39+,41?,42?,48-,53-,57?/m0/s1. The van der Waals surface area contributed by atoms with E-state index < -0.39 is 42.1 Å². The van der Waals surface area contributed by atoms with Crippen molar-refractivity contribution < 1.29 is 43.2 Å². The number of likely N-dealkylation sites (tertiary alicyclic amines) is 2. The van der Waals surface area contributed by atoms with Crippen LogP contribution in [0.15, 0.2) is 83.0 Å². The lowest BCUT2D eigenvalue weighted by Crippen LogP contribution is -2.54. The van der Waals surface area contributed by atoms with Gasteiger partial charge in [-0.3, -0.25) is 14.6 Å². The number of ether oxygens (including phenoxy) is 3. The van der Waals surface area contributed by atoms with Gasteiger partial charge in [0.05, 0.1) is 63.8 Å². The highest BCUT2D eigenvalue weighted by Crippen LogP contribution is 2.41. The van der Waals surface area contributed by atoms with E-state index in [0.29, 0.717) is 53.3 Å². The molecule has 11 rings (SSSR count). The number of carbonyl (C=O) groups is 1. The number of pyridine rings is 1. The molecule has 0 spiro atoms. The minimum atomic E-state index is -1.19. The summed E-state index contributed by atoms with van der Waals surface area (Å²) in [5.41, 5.74) is 13.2. The van der Waals surface area contributed by atoms with Crippen LogP contribution in [0.25, 0.3) is 21.7 Å². The van der Waals surface area contributed by atoms with Gasteiger partial charge in [-0.1, -0.05) is 38.1 Å². The van der Waals surface area contributed by atoms with E-state index in [1.165, 1.54) is 17.4 Å². The van der Waals surface area contributed by atoms with Gasteiger partial charge >= 0.3 is 0 Å². The zero-order chi connectivity index (χ0) is 54.2. The summed E-state index contributed by atoms with van der Waals surface area (Å²) in [6.07, 6.45) is 5.93. The third-order valence-electron chi connectivity index (χ3n) is 16.4. The number of amides is 1. The van der Waals surface area contributed by atoms with Crippen LogP contribution in [0.5, 0.6) is 17.5 Å². The Balaban J connectivity index is 0.603. The Hall–Kier alpha value is -6.49. The zero-order valence-electron chi connectivity index (χ0n) is 44.5. The minimum absolute atomic E-state index is 0.0496. The molecule has 19 nitrogen and oxygen atoms in total. The van der Waals surface area contributed by atoms with Crippen molar-refractivity contribution in [1.82, 2.24) is 40.4 Å². The van der Waals surface area contributed by atoms with Crippen LogP contribution in [0.3, 0.4) is 0 Å². The maximum absolute atomic E-state index is 15.4. The van der Waals surface area contributed by atoms with Crippen LogP contribution in [0.1, 0.15) is 94.7 Å². The molecule has 414 valence electrons. The fourth-order valence-electron chi connectivity index (χ4n) is 12.2. The van der Waals surface area contributed by atoms with Gasteiger partial charge in [-0.2, -0.15) is 0 Å². The molecule has 4 aromatic heterocycles. The lowest BCUT2D eigenvalue weighted by molar-refractivity contribution is -0.131. The number of nitrogens with one attached hydrogen (secondary N) is 1. The molecule has 1 aliphatic carbocycles. The van der Waals surface area contributed by atoms with Gasteiger partial charge in [0.25, 0.3) is 5.88 Å². The zero-order valence-corrected chi connectivity index (χ0v) is 45.3. The first-order valence-electron chi connectivity index (χ1n) is 27.4. The van der Waals surface area contributed by atoms with E-state index in [1.807, 2.05) is 51.2 Å². The number of piperazine rings is 1. The highest BCUT2D eigenvalue weighted by Gasteiger charge is 2.45. The van der Waals surface area contributed by atoms with Crippen LogP contribution < -0.4 is 30.3 Å². The van der Waals surface area contributed by atoms with Crippen molar-refractivity contribution in [3.05, 3.63) is 101 Å². The van der Waals surface area contributed by atoms with Crippen molar-refractivity contribution in [2.45, 2.75) is 133 Å². The number of carbonyl (C=O) groups excluding carboxylic acids is 1. The number of phenols is 1. The van der Waals surface area contributed by atoms with Gasteiger partial charge < -0.3 is 54.9 Å². The van der Waals surface area contributed by atoms with E-state index in [-0.39, 0.29) is 55.0 Å². The first-order valence-corrected chi connectivity index (χ1v) is 28.3. The Morgan fingerprint density at radius 1 is 0.923 bits per heavy atom. The fraction of sp³-hybridized carbons (Fsp3) is 0.509. The van der Waals surface area contributed by atoms with Gasteiger partial charge in [-0.25, -0.2) is 14.4 Å². The number of nitrogens with zero attached hydrogens (tertiary/aromatic N) is 9. The molecule has 78 heavy (non-hydrogen) atoms. The molecule has 4 saturated heterocycles. The summed E-state index contributed by atoms with van der Waals surface area (Å²) in [6, 6.07) is 18.9. The third-order valence-corrected chi connectivity index (χ3v) is 17.4. The van der Waals surface area contributed by atoms with Crippen molar-refractivity contribution in [2.75, 3.05) is 61.4 Å². The second-order valence-corrected chi connectivity index (χ2v) is 22.9. The summed E-state index contributed by atoms with van der Waals surface area (Å²) < 4.78 is 40.2. The van der Waals surface area contributed by atoms with Gasteiger partial charge in [0.2, 0.25) is 11.8 Å². The number of aromatic nitrogens is 5. The third kappa shape index (κ3) is 11.5. The molecular weight excluding hydrogens is 1020 g/mol. The van der Waals surface area contributed by atoms with Crippen LogP contribution in [-0.2, 0) is 9.53 Å². The molecule has 5 fully saturated rings. The lowest BCUT2D eigenvalue weighted by Gasteiger charge is -2.43. The Labute approximate surface area is 457 Å². The van der Waals surface area contributed by atoms with Crippen molar-refractivity contribution in [3.8, 4) is 39.2 Å². The summed E-state index contributed by atoms with van der Waals surface area (Å²) in [4.78, 5) is 32.3. The van der Waals surface area contributed by atoms with E-state index in [2.05, 4.69) is 57.5 Å². The quantitative estimate of drug-likeness (QED) is 0.0545. The first-order chi connectivity index (χ1) is 37.7. The number of thiazole rings is 1. The van der Waals surface area contributed by atoms with E-state index in [1.54, 1.807) is 41.6 Å². The number of fused-ring (bicyclic) bond motifs is 2. The SMILES string of the molecule is Cc1ncsc1-c1ccc([C@H](C)NC(=O)[C@@H]2C[C@@H](O)CN2C(O)[C@H](c2cc(OCCN3CCC(OC4CC(Oc5cc(N6C7CCC6CN(c6cc(-c8ccccc8O)nnc6N)C7)ccn5)C4)CC3)no2)C(C)C)c(F)c1. The number of aliphatic hydroxyl groups excluding tert-OH is 2. The number of aryl methyl sites for hydroxylation is 1. The maximum Gasteiger partial charge on any atom is 0.254 e. The van der Waals surface area contributed by atoms with Crippen LogP contribution >= 0.6 is 11.3 Å². The summed E-state index contributed by atoms with van der Waals surface area (Å²) in [5.74, 6) is 0.314. The molecule has 3 unspecified atom stereocenters.